The van der Waals surface area contributed by atoms with E-state index in [1.807, 2.05) is 50.2 Å². The molecule has 0 radical (unpaired) electrons. The third kappa shape index (κ3) is 6.97. The first kappa shape index (κ1) is 26.4. The van der Waals surface area contributed by atoms with Gasteiger partial charge in [0.05, 0.1) is 12.3 Å². The number of pyridine rings is 2. The van der Waals surface area contributed by atoms with Gasteiger partial charge in [0.15, 0.2) is 0 Å². The first-order chi connectivity index (χ1) is 17.6. The molecule has 2 atom stereocenters. The SMILES string of the molecule is Cc1ccc(NC(=O)N2CCC(CC(F)(F)F)C2)cc1-c1cc(N[C@H](C)CO)nc(-c2ccncc2)c1. The summed E-state index contributed by atoms with van der Waals surface area (Å²) in [5.74, 6) is 0.0162. The fourth-order valence-electron chi connectivity index (χ4n) is 4.45. The van der Waals surface area contributed by atoms with Crippen molar-refractivity contribution >= 4 is 17.5 Å². The van der Waals surface area contributed by atoms with Crippen molar-refractivity contribution in [2.24, 2.45) is 5.92 Å². The zero-order chi connectivity index (χ0) is 26.6. The van der Waals surface area contributed by atoms with Crippen LogP contribution in [0.5, 0.6) is 0 Å². The maximum atomic E-state index is 12.8. The molecule has 0 spiro atoms. The van der Waals surface area contributed by atoms with Crippen LogP contribution in [0.3, 0.4) is 0 Å². The summed E-state index contributed by atoms with van der Waals surface area (Å²) in [4.78, 5) is 23.0. The second-order valence-corrected chi connectivity index (χ2v) is 9.47. The number of likely N-dealkylation sites (tertiary alicyclic amines) is 1. The molecular formula is C27H30F3N5O2. The number of amides is 2. The predicted molar refractivity (Wildman–Crippen MR) is 137 cm³/mol. The Kier molecular flexibility index (Phi) is 7.97. The van der Waals surface area contributed by atoms with E-state index >= 15 is 0 Å². The summed E-state index contributed by atoms with van der Waals surface area (Å²) in [6.45, 7) is 4.13. The van der Waals surface area contributed by atoms with Crippen LogP contribution < -0.4 is 10.6 Å². The maximum Gasteiger partial charge on any atom is 0.389 e. The molecule has 10 heteroatoms. The van der Waals surface area contributed by atoms with Crippen molar-refractivity contribution in [3.63, 3.8) is 0 Å². The van der Waals surface area contributed by atoms with Crippen molar-refractivity contribution in [1.29, 1.82) is 0 Å². The minimum absolute atomic E-state index is 0.0582. The lowest BCUT2D eigenvalue weighted by molar-refractivity contribution is -0.143. The van der Waals surface area contributed by atoms with Gasteiger partial charge in [-0.15, -0.1) is 0 Å². The number of aliphatic hydroxyl groups excluding tert-OH is 1. The van der Waals surface area contributed by atoms with Gasteiger partial charge in [-0.2, -0.15) is 13.2 Å². The summed E-state index contributed by atoms with van der Waals surface area (Å²) in [5, 5.41) is 15.5. The van der Waals surface area contributed by atoms with Crippen molar-refractivity contribution in [2.75, 3.05) is 30.3 Å². The Morgan fingerprint density at radius 3 is 2.62 bits per heavy atom. The lowest BCUT2D eigenvalue weighted by Gasteiger charge is -2.19. The molecule has 1 aromatic carbocycles. The van der Waals surface area contributed by atoms with Crippen LogP contribution in [0, 0.1) is 12.8 Å². The second kappa shape index (κ2) is 11.2. The number of aryl methyl sites for hydroxylation is 1. The van der Waals surface area contributed by atoms with Gasteiger partial charge in [-0.3, -0.25) is 4.98 Å². The van der Waals surface area contributed by atoms with Crippen LogP contribution in [0.1, 0.15) is 25.3 Å². The Morgan fingerprint density at radius 1 is 1.16 bits per heavy atom. The van der Waals surface area contributed by atoms with E-state index in [1.54, 1.807) is 18.5 Å². The van der Waals surface area contributed by atoms with E-state index < -0.39 is 24.5 Å². The van der Waals surface area contributed by atoms with Gasteiger partial charge in [-0.1, -0.05) is 6.07 Å². The van der Waals surface area contributed by atoms with Gasteiger partial charge in [0.1, 0.15) is 5.82 Å². The first-order valence-electron chi connectivity index (χ1n) is 12.1. The quantitative estimate of drug-likeness (QED) is 0.376. The van der Waals surface area contributed by atoms with Crippen LogP contribution in [-0.2, 0) is 0 Å². The fourth-order valence-corrected chi connectivity index (χ4v) is 4.45. The third-order valence-corrected chi connectivity index (χ3v) is 6.36. The van der Waals surface area contributed by atoms with Crippen molar-refractivity contribution in [1.82, 2.24) is 14.9 Å². The van der Waals surface area contributed by atoms with Gasteiger partial charge in [-0.05, 0) is 79.3 Å². The molecule has 3 heterocycles. The summed E-state index contributed by atoms with van der Waals surface area (Å²) < 4.78 is 38.2. The zero-order valence-corrected chi connectivity index (χ0v) is 20.7. The lowest BCUT2D eigenvalue weighted by Crippen LogP contribution is -2.33. The van der Waals surface area contributed by atoms with Gasteiger partial charge < -0.3 is 20.6 Å². The highest BCUT2D eigenvalue weighted by molar-refractivity contribution is 5.91. The number of urea groups is 1. The molecule has 0 aliphatic carbocycles. The number of anilines is 2. The number of benzene rings is 1. The van der Waals surface area contributed by atoms with E-state index in [0.29, 0.717) is 30.2 Å². The average molecular weight is 514 g/mol. The molecule has 2 aromatic heterocycles. The number of hydrogen-bond donors (Lipinski definition) is 3. The van der Waals surface area contributed by atoms with Crippen LogP contribution in [0.15, 0.2) is 54.9 Å². The summed E-state index contributed by atoms with van der Waals surface area (Å²) in [5.41, 5.74) is 4.83. The number of rotatable bonds is 7. The molecule has 2 amide bonds. The Morgan fingerprint density at radius 2 is 1.92 bits per heavy atom. The molecule has 0 bridgehead atoms. The monoisotopic (exact) mass is 513 g/mol. The Hall–Kier alpha value is -3.66. The first-order valence-corrected chi connectivity index (χ1v) is 12.1. The molecule has 1 aliphatic rings. The van der Waals surface area contributed by atoms with E-state index in [-0.39, 0.29) is 19.2 Å². The van der Waals surface area contributed by atoms with Crippen LogP contribution in [-0.4, -0.2) is 57.9 Å². The van der Waals surface area contributed by atoms with Gasteiger partial charge in [0.25, 0.3) is 0 Å². The van der Waals surface area contributed by atoms with E-state index in [9.17, 15) is 23.1 Å². The molecule has 3 aromatic rings. The number of halogens is 3. The molecule has 196 valence electrons. The van der Waals surface area contributed by atoms with Crippen molar-refractivity contribution in [3.05, 3.63) is 60.4 Å². The third-order valence-electron chi connectivity index (χ3n) is 6.36. The topological polar surface area (TPSA) is 90.4 Å². The van der Waals surface area contributed by atoms with Crippen LogP contribution in [0.4, 0.5) is 29.5 Å². The Bertz CT molecular complexity index is 1240. The molecule has 1 fully saturated rings. The molecule has 7 nitrogen and oxygen atoms in total. The van der Waals surface area contributed by atoms with E-state index in [1.165, 1.54) is 4.90 Å². The number of nitrogens with one attached hydrogen (secondary N) is 2. The molecular weight excluding hydrogens is 483 g/mol. The summed E-state index contributed by atoms with van der Waals surface area (Å²) in [6, 6.07) is 12.4. The number of aromatic nitrogens is 2. The molecule has 4 rings (SSSR count). The molecule has 1 saturated heterocycles. The van der Waals surface area contributed by atoms with Crippen LogP contribution >= 0.6 is 0 Å². The molecule has 3 N–H and O–H groups in total. The summed E-state index contributed by atoms with van der Waals surface area (Å²) in [7, 11) is 0. The average Bonchev–Trinajstić information content (AvgIpc) is 3.32. The number of hydrogen-bond acceptors (Lipinski definition) is 5. The molecule has 1 unspecified atom stereocenters. The van der Waals surface area contributed by atoms with Crippen LogP contribution in [0.25, 0.3) is 22.4 Å². The van der Waals surface area contributed by atoms with Gasteiger partial charge >= 0.3 is 12.2 Å². The van der Waals surface area contributed by atoms with Crippen molar-refractivity contribution in [3.8, 4) is 22.4 Å². The minimum atomic E-state index is -4.23. The van der Waals surface area contributed by atoms with E-state index in [0.717, 1.165) is 22.3 Å². The normalized spacial score (nSPS) is 16.5. The largest absolute Gasteiger partial charge is 0.394 e. The van der Waals surface area contributed by atoms with Gasteiger partial charge in [0, 0.05) is 49.2 Å². The highest BCUT2D eigenvalue weighted by Gasteiger charge is 2.36. The molecule has 37 heavy (non-hydrogen) atoms. The minimum Gasteiger partial charge on any atom is -0.394 e. The smallest absolute Gasteiger partial charge is 0.389 e. The van der Waals surface area contributed by atoms with Gasteiger partial charge in [-0.25, -0.2) is 9.78 Å². The van der Waals surface area contributed by atoms with Crippen molar-refractivity contribution in [2.45, 2.75) is 38.9 Å². The van der Waals surface area contributed by atoms with Gasteiger partial charge in [0.2, 0.25) is 0 Å². The second-order valence-electron chi connectivity index (χ2n) is 9.47. The Labute approximate surface area is 213 Å². The molecule has 0 saturated carbocycles. The highest BCUT2D eigenvalue weighted by Crippen LogP contribution is 2.33. The Balaban J connectivity index is 1.59. The predicted octanol–water partition coefficient (Wildman–Crippen LogP) is 5.72. The zero-order valence-electron chi connectivity index (χ0n) is 20.7. The summed E-state index contributed by atoms with van der Waals surface area (Å²) in [6.07, 6.45) is -1.40. The maximum absolute atomic E-state index is 12.8. The number of alkyl halides is 3. The number of aliphatic hydroxyl groups is 1. The summed E-state index contributed by atoms with van der Waals surface area (Å²) >= 11 is 0. The van der Waals surface area contributed by atoms with E-state index in [2.05, 4.69) is 15.6 Å². The molecule has 1 aliphatic heterocycles. The van der Waals surface area contributed by atoms with E-state index in [4.69, 9.17) is 4.98 Å². The van der Waals surface area contributed by atoms with Crippen molar-refractivity contribution < 1.29 is 23.1 Å². The standard InChI is InChI=1S/C27H30F3N5O2/c1-17-3-4-22(33-26(37)35-10-7-19(15-35)14-27(28,29)30)13-23(17)21-11-24(20-5-8-31-9-6-20)34-25(12-21)32-18(2)16-36/h3-6,8-9,11-13,18-19,36H,7,10,14-16H2,1-2H3,(H,32,34)(H,33,37)/t18-,19?/m1/s1. The van der Waals surface area contributed by atoms with Crippen LogP contribution in [0.2, 0.25) is 0 Å². The number of carbonyl (C=O) groups excluding carboxylic acids is 1. The highest BCUT2D eigenvalue weighted by atomic mass is 19.4. The number of carbonyl (C=O) groups is 1. The fraction of sp³-hybridized carbons (Fsp3) is 0.370. The lowest BCUT2D eigenvalue weighted by atomic mass is 9.98. The number of nitrogens with zero attached hydrogens (tertiary/aromatic N) is 3.